The van der Waals surface area contributed by atoms with E-state index in [2.05, 4.69) is 20.6 Å². The van der Waals surface area contributed by atoms with Gasteiger partial charge in [-0.15, -0.1) is 0 Å². The van der Waals surface area contributed by atoms with Crippen LogP contribution in [0.1, 0.15) is 17.4 Å². The van der Waals surface area contributed by atoms with E-state index >= 15 is 0 Å². The Morgan fingerprint density at radius 2 is 2.28 bits per heavy atom. The highest BCUT2D eigenvalue weighted by Crippen LogP contribution is 2.28. The second-order valence-electron chi connectivity index (χ2n) is 5.25. The number of carbonyl (C=O) groups excluding carboxylic acids is 1. The van der Waals surface area contributed by atoms with Crippen molar-refractivity contribution in [3.63, 3.8) is 0 Å². The molecule has 0 saturated carbocycles. The normalized spacial score (nSPS) is 11.1. The Morgan fingerprint density at radius 1 is 1.40 bits per heavy atom. The van der Waals surface area contributed by atoms with Gasteiger partial charge in [-0.25, -0.2) is 4.98 Å². The molecule has 4 aromatic rings. The number of aromatic nitrogens is 4. The maximum Gasteiger partial charge on any atom is 0.279 e. The first-order valence-corrected chi connectivity index (χ1v) is 8.69. The van der Waals surface area contributed by atoms with Crippen molar-refractivity contribution >= 4 is 44.2 Å². The molecule has 0 spiro atoms. The summed E-state index contributed by atoms with van der Waals surface area (Å²) in [5.74, 6) is 0.101. The molecule has 0 radical (unpaired) electrons. The molecule has 0 fully saturated rings. The average Bonchev–Trinajstić information content (AvgIpc) is 3.32. The fourth-order valence-electron chi connectivity index (χ4n) is 2.30. The van der Waals surface area contributed by atoms with E-state index < -0.39 is 0 Å². The molecular formula is C16H12ClN5O2S. The first-order chi connectivity index (χ1) is 12.1. The number of thiazole rings is 1. The minimum absolute atomic E-state index is 0.177. The van der Waals surface area contributed by atoms with Crippen LogP contribution in [0.5, 0.6) is 0 Å². The number of amides is 1. The Balaban J connectivity index is 1.54. The molecule has 0 atom stereocenters. The molecule has 0 saturated heterocycles. The number of fused-ring (bicyclic) bond motifs is 1. The zero-order chi connectivity index (χ0) is 17.4. The third kappa shape index (κ3) is 3.13. The molecule has 0 aliphatic heterocycles. The molecule has 7 nitrogen and oxygen atoms in total. The summed E-state index contributed by atoms with van der Waals surface area (Å²) in [4.78, 5) is 16.7. The lowest BCUT2D eigenvalue weighted by molar-refractivity contribution is 0.101. The first-order valence-electron chi connectivity index (χ1n) is 7.49. The van der Waals surface area contributed by atoms with E-state index in [4.69, 9.17) is 16.1 Å². The van der Waals surface area contributed by atoms with E-state index in [-0.39, 0.29) is 11.6 Å². The van der Waals surface area contributed by atoms with Crippen LogP contribution in [0, 0.1) is 0 Å². The molecule has 0 aliphatic rings. The van der Waals surface area contributed by atoms with Crippen molar-refractivity contribution in [3.05, 3.63) is 47.4 Å². The molecule has 1 amide bonds. The van der Waals surface area contributed by atoms with Gasteiger partial charge in [0.05, 0.1) is 22.0 Å². The topological polar surface area (TPSA) is 85.8 Å². The molecule has 126 valence electrons. The lowest BCUT2D eigenvalue weighted by Crippen LogP contribution is -2.11. The van der Waals surface area contributed by atoms with Crippen LogP contribution >= 0.6 is 22.9 Å². The van der Waals surface area contributed by atoms with Crippen molar-refractivity contribution in [2.24, 2.45) is 0 Å². The summed E-state index contributed by atoms with van der Waals surface area (Å²) in [7, 11) is 0. The summed E-state index contributed by atoms with van der Waals surface area (Å²) in [5.41, 5.74) is 1.68. The molecule has 1 aromatic carbocycles. The third-order valence-corrected chi connectivity index (χ3v) is 4.74. The molecule has 25 heavy (non-hydrogen) atoms. The van der Waals surface area contributed by atoms with Crippen LogP contribution in [0.2, 0.25) is 5.02 Å². The van der Waals surface area contributed by atoms with E-state index in [1.807, 2.05) is 19.2 Å². The second-order valence-corrected chi connectivity index (χ2v) is 6.71. The van der Waals surface area contributed by atoms with E-state index in [0.717, 1.165) is 22.3 Å². The number of nitrogens with one attached hydrogen (secondary N) is 1. The number of halogens is 1. The summed E-state index contributed by atoms with van der Waals surface area (Å²) in [6, 6.07) is 6.98. The van der Waals surface area contributed by atoms with Crippen molar-refractivity contribution in [1.82, 2.24) is 19.9 Å². The maximum absolute atomic E-state index is 12.4. The molecule has 0 bridgehead atoms. The van der Waals surface area contributed by atoms with Crippen molar-refractivity contribution in [1.29, 1.82) is 0 Å². The van der Waals surface area contributed by atoms with Gasteiger partial charge in [0.15, 0.2) is 16.6 Å². The molecular weight excluding hydrogens is 362 g/mol. The first kappa shape index (κ1) is 15.8. The van der Waals surface area contributed by atoms with Crippen LogP contribution in [-0.2, 0) is 6.54 Å². The van der Waals surface area contributed by atoms with Crippen LogP contribution in [0.4, 0.5) is 5.13 Å². The van der Waals surface area contributed by atoms with Crippen LogP contribution in [0.3, 0.4) is 0 Å². The van der Waals surface area contributed by atoms with Crippen molar-refractivity contribution in [2.75, 3.05) is 5.32 Å². The summed E-state index contributed by atoms with van der Waals surface area (Å²) in [5, 5.41) is 11.8. The minimum Gasteiger partial charge on any atom is -0.355 e. The molecule has 3 heterocycles. The number of rotatable bonds is 4. The van der Waals surface area contributed by atoms with Gasteiger partial charge >= 0.3 is 0 Å². The molecule has 3 aromatic heterocycles. The van der Waals surface area contributed by atoms with Crippen molar-refractivity contribution in [3.8, 4) is 11.3 Å². The number of benzene rings is 1. The quantitative estimate of drug-likeness (QED) is 0.582. The van der Waals surface area contributed by atoms with Crippen molar-refractivity contribution < 1.29 is 9.32 Å². The molecule has 0 unspecified atom stereocenters. The molecule has 9 heteroatoms. The summed E-state index contributed by atoms with van der Waals surface area (Å²) < 4.78 is 7.95. The number of aryl methyl sites for hydroxylation is 1. The zero-order valence-electron chi connectivity index (χ0n) is 13.1. The second kappa shape index (κ2) is 6.30. The van der Waals surface area contributed by atoms with Gasteiger partial charge in [0.2, 0.25) is 0 Å². The van der Waals surface area contributed by atoms with E-state index in [1.54, 1.807) is 29.1 Å². The molecule has 0 aliphatic carbocycles. The van der Waals surface area contributed by atoms with Gasteiger partial charge in [0.25, 0.3) is 5.91 Å². The zero-order valence-corrected chi connectivity index (χ0v) is 14.6. The van der Waals surface area contributed by atoms with Crippen LogP contribution < -0.4 is 5.32 Å². The number of carbonyl (C=O) groups is 1. The van der Waals surface area contributed by atoms with Crippen molar-refractivity contribution in [2.45, 2.75) is 13.5 Å². The van der Waals surface area contributed by atoms with Gasteiger partial charge < -0.3 is 4.52 Å². The molecule has 4 rings (SSSR count). The third-order valence-electron chi connectivity index (χ3n) is 3.55. The monoisotopic (exact) mass is 373 g/mol. The Morgan fingerprint density at radius 3 is 3.08 bits per heavy atom. The van der Waals surface area contributed by atoms with Gasteiger partial charge in [0.1, 0.15) is 0 Å². The van der Waals surface area contributed by atoms with E-state index in [9.17, 15) is 4.79 Å². The predicted molar refractivity (Wildman–Crippen MR) is 96.0 cm³/mol. The van der Waals surface area contributed by atoms with Crippen LogP contribution in [0.25, 0.3) is 21.5 Å². The lowest BCUT2D eigenvalue weighted by Gasteiger charge is -1.95. The highest BCUT2D eigenvalue weighted by atomic mass is 35.5. The highest BCUT2D eigenvalue weighted by Gasteiger charge is 2.16. The Kier molecular flexibility index (Phi) is 3.98. The van der Waals surface area contributed by atoms with Gasteiger partial charge in [0, 0.05) is 23.8 Å². The molecule has 1 N–H and O–H groups in total. The van der Waals surface area contributed by atoms with Gasteiger partial charge in [-0.2, -0.15) is 5.10 Å². The van der Waals surface area contributed by atoms with E-state index in [1.165, 1.54) is 11.3 Å². The number of anilines is 1. The lowest BCUT2D eigenvalue weighted by atomic mass is 10.2. The summed E-state index contributed by atoms with van der Waals surface area (Å²) in [6.07, 6.45) is 3.50. The predicted octanol–water partition coefficient (Wildman–Crippen LogP) is 4.07. The number of hydrogen-bond donors (Lipinski definition) is 1. The number of nitrogens with zero attached hydrogens (tertiary/aromatic N) is 4. The standard InChI is InChI=1S/C16H12ClN5O2S/c1-2-22-8-9(7-18-22)13-6-12(21-24-13)15(23)20-16-19-11-5-10(17)3-4-14(11)25-16/h3-8H,2H2,1H3,(H,19,20,23). The van der Waals surface area contributed by atoms with Crippen LogP contribution in [-0.4, -0.2) is 25.8 Å². The smallest absolute Gasteiger partial charge is 0.279 e. The van der Waals surface area contributed by atoms with Gasteiger partial charge in [-0.1, -0.05) is 28.1 Å². The Hall–Kier alpha value is -2.71. The largest absolute Gasteiger partial charge is 0.355 e. The maximum atomic E-state index is 12.4. The van der Waals surface area contributed by atoms with Gasteiger partial charge in [-0.3, -0.25) is 14.8 Å². The highest BCUT2D eigenvalue weighted by molar-refractivity contribution is 7.22. The minimum atomic E-state index is -0.386. The fraction of sp³-hybridized carbons (Fsp3) is 0.125. The Labute approximate surface area is 151 Å². The number of hydrogen-bond acceptors (Lipinski definition) is 6. The van der Waals surface area contributed by atoms with Crippen LogP contribution in [0.15, 0.2) is 41.2 Å². The van der Waals surface area contributed by atoms with E-state index in [0.29, 0.717) is 15.9 Å². The summed E-state index contributed by atoms with van der Waals surface area (Å²) in [6.45, 7) is 2.74. The average molecular weight is 374 g/mol. The SMILES string of the molecule is CCn1cc(-c2cc(C(=O)Nc3nc4cc(Cl)ccc4s3)no2)cn1. The fourth-order valence-corrected chi connectivity index (χ4v) is 3.30. The van der Waals surface area contributed by atoms with Gasteiger partial charge in [-0.05, 0) is 25.1 Å². The summed E-state index contributed by atoms with van der Waals surface area (Å²) >= 11 is 7.32. The Bertz CT molecular complexity index is 1070.